The smallest absolute Gasteiger partial charge is 0.326 e. The predicted molar refractivity (Wildman–Crippen MR) is 147 cm³/mol. The molecule has 0 spiro atoms. The first-order valence-electron chi connectivity index (χ1n) is 12.0. The molecule has 3 aromatic carbocycles. The normalized spacial score (nSPS) is 14.7. The van der Waals surface area contributed by atoms with Gasteiger partial charge in [0.05, 0.1) is 29.8 Å². The number of fused-ring (bicyclic) bond motifs is 1. The minimum absolute atomic E-state index is 0.0801. The number of hydrogen-bond donors (Lipinski definition) is 4. The van der Waals surface area contributed by atoms with Crippen molar-refractivity contribution in [3.05, 3.63) is 96.1 Å². The van der Waals surface area contributed by atoms with Crippen molar-refractivity contribution in [1.82, 2.24) is 18.8 Å². The average molecular weight is 533 g/mol. The number of hydrogen-bond acceptors (Lipinski definition) is 5. The first kappa shape index (κ1) is 25.2. The SMILES string of the molecule is CC(C)(C)c1cc(NC(=O)Nc2cccc3ccccc23)n(-c2cccc(CN3C(O)=CNS3(=O)=O)c2)n1. The quantitative estimate of drug-likeness (QED) is 0.288. The Kier molecular flexibility index (Phi) is 6.23. The number of carbonyl (C=O) groups excluding carboxylic acids is 1. The van der Waals surface area contributed by atoms with Gasteiger partial charge < -0.3 is 10.4 Å². The van der Waals surface area contributed by atoms with Gasteiger partial charge in [-0.05, 0) is 29.1 Å². The van der Waals surface area contributed by atoms with Gasteiger partial charge in [0.25, 0.3) is 0 Å². The Hall–Kier alpha value is -4.51. The van der Waals surface area contributed by atoms with Gasteiger partial charge in [0, 0.05) is 16.9 Å². The summed E-state index contributed by atoms with van der Waals surface area (Å²) in [7, 11) is -3.84. The Morgan fingerprint density at radius 2 is 1.74 bits per heavy atom. The van der Waals surface area contributed by atoms with Crippen LogP contribution in [0.5, 0.6) is 0 Å². The van der Waals surface area contributed by atoms with E-state index < -0.39 is 22.1 Å². The molecule has 0 radical (unpaired) electrons. The number of benzene rings is 3. The standard InChI is InChI=1S/C27H28N6O4S/c1-27(2,3)23-15-24(30-26(35)29-22-13-7-10-19-9-4-5-12-21(19)22)33(31-23)20-11-6-8-18(14-20)17-32-25(34)16-28-38(32,36)37/h4-16,28,34H,17H2,1-3H3,(H2,29,30,35). The molecule has 5 rings (SSSR count). The van der Waals surface area contributed by atoms with Crippen LogP contribution in [0, 0.1) is 0 Å². The van der Waals surface area contributed by atoms with Gasteiger partial charge in [0.2, 0.25) is 5.88 Å². The van der Waals surface area contributed by atoms with Gasteiger partial charge >= 0.3 is 16.2 Å². The van der Waals surface area contributed by atoms with Crippen molar-refractivity contribution < 1.29 is 18.3 Å². The number of aromatic nitrogens is 2. The third-order valence-electron chi connectivity index (χ3n) is 6.12. The summed E-state index contributed by atoms with van der Waals surface area (Å²) in [6, 6.07) is 22.0. The molecule has 0 saturated carbocycles. The highest BCUT2D eigenvalue weighted by Gasteiger charge is 2.29. The lowest BCUT2D eigenvalue weighted by Gasteiger charge is -2.17. The lowest BCUT2D eigenvalue weighted by Crippen LogP contribution is -2.30. The molecule has 10 nitrogen and oxygen atoms in total. The van der Waals surface area contributed by atoms with Crippen molar-refractivity contribution in [2.75, 3.05) is 10.6 Å². The van der Waals surface area contributed by atoms with Crippen LogP contribution >= 0.6 is 0 Å². The van der Waals surface area contributed by atoms with Gasteiger partial charge in [-0.3, -0.25) is 10.0 Å². The van der Waals surface area contributed by atoms with E-state index in [0.29, 0.717) is 22.8 Å². The number of aliphatic hydroxyl groups is 1. The molecule has 11 heteroatoms. The summed E-state index contributed by atoms with van der Waals surface area (Å²) in [5.41, 5.74) is 2.38. The molecular weight excluding hydrogens is 504 g/mol. The molecule has 0 aliphatic carbocycles. The molecule has 0 atom stereocenters. The molecule has 196 valence electrons. The highest BCUT2D eigenvalue weighted by molar-refractivity contribution is 7.87. The molecule has 0 fully saturated rings. The van der Waals surface area contributed by atoms with E-state index in [1.165, 1.54) is 0 Å². The van der Waals surface area contributed by atoms with Crippen LogP contribution in [0.2, 0.25) is 0 Å². The van der Waals surface area contributed by atoms with E-state index in [9.17, 15) is 18.3 Å². The molecule has 38 heavy (non-hydrogen) atoms. The Labute approximate surface area is 220 Å². The van der Waals surface area contributed by atoms with Crippen molar-refractivity contribution in [2.45, 2.75) is 32.7 Å². The predicted octanol–water partition coefficient (Wildman–Crippen LogP) is 4.97. The second kappa shape index (κ2) is 9.42. The number of amides is 2. The lowest BCUT2D eigenvalue weighted by atomic mass is 9.92. The second-order valence-corrected chi connectivity index (χ2v) is 11.6. The molecule has 4 aromatic rings. The van der Waals surface area contributed by atoms with Crippen LogP contribution in [-0.2, 0) is 22.2 Å². The number of nitrogens with zero attached hydrogens (tertiary/aromatic N) is 3. The van der Waals surface area contributed by atoms with Crippen LogP contribution in [-0.4, -0.2) is 33.6 Å². The molecular formula is C27H28N6O4S. The first-order valence-corrected chi connectivity index (χ1v) is 13.4. The lowest BCUT2D eigenvalue weighted by molar-refractivity contribution is 0.262. The summed E-state index contributed by atoms with van der Waals surface area (Å²) in [6.45, 7) is 5.99. The number of anilines is 2. The van der Waals surface area contributed by atoms with Gasteiger partial charge in [-0.15, -0.1) is 0 Å². The fourth-order valence-corrected chi connectivity index (χ4v) is 5.14. The molecule has 4 N–H and O–H groups in total. The van der Waals surface area contributed by atoms with E-state index in [4.69, 9.17) is 5.10 Å². The zero-order chi connectivity index (χ0) is 27.1. The van der Waals surface area contributed by atoms with E-state index in [-0.39, 0.29) is 12.0 Å². The summed E-state index contributed by atoms with van der Waals surface area (Å²) in [5.74, 6) is 0.0555. The Bertz CT molecular complexity index is 1670. The minimum Gasteiger partial charge on any atom is -0.493 e. The topological polar surface area (TPSA) is 129 Å². The summed E-state index contributed by atoms with van der Waals surface area (Å²) in [5, 5.41) is 22.5. The molecule has 1 aromatic heterocycles. The highest BCUT2D eigenvalue weighted by atomic mass is 32.2. The Balaban J connectivity index is 1.45. The number of carbonyl (C=O) groups is 1. The van der Waals surface area contributed by atoms with Crippen LogP contribution in [0.25, 0.3) is 16.5 Å². The van der Waals surface area contributed by atoms with Crippen molar-refractivity contribution >= 4 is 38.5 Å². The van der Waals surface area contributed by atoms with E-state index in [0.717, 1.165) is 27.0 Å². The third-order valence-corrected chi connectivity index (χ3v) is 7.43. The number of nitrogens with one attached hydrogen (secondary N) is 3. The monoisotopic (exact) mass is 532 g/mol. The summed E-state index contributed by atoms with van der Waals surface area (Å²) < 4.78 is 29.0. The number of urea groups is 1. The van der Waals surface area contributed by atoms with E-state index in [1.807, 2.05) is 75.4 Å². The van der Waals surface area contributed by atoms with E-state index in [1.54, 1.807) is 22.9 Å². The molecule has 1 aliphatic rings. The fraction of sp³-hybridized carbons (Fsp3) is 0.185. The maximum absolute atomic E-state index is 13.1. The second-order valence-electron chi connectivity index (χ2n) is 9.98. The highest BCUT2D eigenvalue weighted by Crippen LogP contribution is 2.28. The van der Waals surface area contributed by atoms with Gasteiger partial charge in [-0.1, -0.05) is 69.3 Å². The van der Waals surface area contributed by atoms with Crippen LogP contribution < -0.4 is 15.4 Å². The largest absolute Gasteiger partial charge is 0.493 e. The van der Waals surface area contributed by atoms with Crippen molar-refractivity contribution in [3.8, 4) is 5.69 Å². The van der Waals surface area contributed by atoms with Gasteiger partial charge in [0.15, 0.2) is 0 Å². The van der Waals surface area contributed by atoms with E-state index in [2.05, 4.69) is 15.4 Å². The molecule has 2 heterocycles. The summed E-state index contributed by atoms with van der Waals surface area (Å²) in [6.07, 6.45) is 1.03. The maximum atomic E-state index is 13.1. The zero-order valence-electron chi connectivity index (χ0n) is 21.1. The van der Waals surface area contributed by atoms with Gasteiger partial charge in [0.1, 0.15) is 5.82 Å². The van der Waals surface area contributed by atoms with Crippen LogP contribution in [0.3, 0.4) is 0 Å². The summed E-state index contributed by atoms with van der Waals surface area (Å²) >= 11 is 0. The van der Waals surface area contributed by atoms with Gasteiger partial charge in [-0.2, -0.15) is 13.5 Å². The van der Waals surface area contributed by atoms with Crippen LogP contribution in [0.4, 0.5) is 16.3 Å². The van der Waals surface area contributed by atoms with Crippen LogP contribution in [0.15, 0.2) is 84.9 Å². The molecule has 0 bridgehead atoms. The van der Waals surface area contributed by atoms with E-state index >= 15 is 0 Å². The Morgan fingerprint density at radius 1 is 1.00 bits per heavy atom. The van der Waals surface area contributed by atoms with Crippen molar-refractivity contribution in [1.29, 1.82) is 0 Å². The average Bonchev–Trinajstić information content (AvgIpc) is 3.41. The molecule has 0 unspecified atom stereocenters. The minimum atomic E-state index is -3.84. The van der Waals surface area contributed by atoms with Crippen molar-refractivity contribution in [2.24, 2.45) is 0 Å². The number of rotatable bonds is 5. The van der Waals surface area contributed by atoms with Crippen molar-refractivity contribution in [3.63, 3.8) is 0 Å². The van der Waals surface area contributed by atoms with Gasteiger partial charge in [-0.25, -0.2) is 13.8 Å². The molecule has 0 saturated heterocycles. The third kappa shape index (κ3) is 5.00. The first-order chi connectivity index (χ1) is 18.0. The fourth-order valence-electron chi connectivity index (χ4n) is 4.14. The Morgan fingerprint density at radius 3 is 2.47 bits per heavy atom. The number of aliphatic hydroxyl groups excluding tert-OH is 1. The van der Waals surface area contributed by atoms with Crippen LogP contribution in [0.1, 0.15) is 32.0 Å². The summed E-state index contributed by atoms with van der Waals surface area (Å²) in [4.78, 5) is 13.1. The maximum Gasteiger partial charge on any atom is 0.326 e. The molecule has 2 amide bonds. The zero-order valence-corrected chi connectivity index (χ0v) is 22.0. The molecule has 1 aliphatic heterocycles.